The van der Waals surface area contributed by atoms with Gasteiger partial charge in [0.2, 0.25) is 0 Å². The fourth-order valence-electron chi connectivity index (χ4n) is 2.28. The minimum atomic E-state index is -0.169. The summed E-state index contributed by atoms with van der Waals surface area (Å²) in [5.41, 5.74) is 2.43. The second-order valence-corrected chi connectivity index (χ2v) is 6.86. The number of rotatable bonds is 4. The largest absolute Gasteiger partial charge is 0.347 e. The summed E-state index contributed by atoms with van der Waals surface area (Å²) in [6.45, 7) is 2.38. The first-order valence-electron chi connectivity index (χ1n) is 7.21. The smallest absolute Gasteiger partial charge is 0.271 e. The summed E-state index contributed by atoms with van der Waals surface area (Å²) >= 11 is 13.5. The lowest BCUT2D eigenvalue weighted by molar-refractivity contribution is 0.0952. The first-order chi connectivity index (χ1) is 11.1. The molecule has 9 heteroatoms. The number of nitrogens with one attached hydrogen (secondary N) is 2. The standard InChI is InChI=1S/C16H15Cl2N3OS.2ClH/c17-11-1-2-12(13(18)7-11)16-21-14(9-23-16)15(22)20-8-10-3-5-19-6-4-10;;/h1-3,7,9,19H,4-6,8H2,(H,20,22);2*1H. The number of carbonyl (C=O) groups is 1. The van der Waals surface area contributed by atoms with Gasteiger partial charge in [0.15, 0.2) is 0 Å². The van der Waals surface area contributed by atoms with Crippen molar-refractivity contribution in [3.63, 3.8) is 0 Å². The van der Waals surface area contributed by atoms with Crippen molar-refractivity contribution in [2.45, 2.75) is 6.42 Å². The third-order valence-corrected chi connectivity index (χ3v) is 4.96. The van der Waals surface area contributed by atoms with E-state index in [1.54, 1.807) is 17.5 Å². The normalized spacial score (nSPS) is 13.3. The van der Waals surface area contributed by atoms with Crippen molar-refractivity contribution < 1.29 is 4.79 Å². The maximum absolute atomic E-state index is 12.2. The summed E-state index contributed by atoms with van der Waals surface area (Å²) < 4.78 is 0. The van der Waals surface area contributed by atoms with E-state index >= 15 is 0 Å². The van der Waals surface area contributed by atoms with E-state index in [1.807, 2.05) is 6.07 Å². The highest BCUT2D eigenvalue weighted by molar-refractivity contribution is 7.13. The summed E-state index contributed by atoms with van der Waals surface area (Å²) in [4.78, 5) is 16.6. The number of amides is 1. The number of nitrogens with zero attached hydrogens (tertiary/aromatic N) is 1. The van der Waals surface area contributed by atoms with Gasteiger partial charge in [0.25, 0.3) is 5.91 Å². The molecule has 2 aromatic rings. The zero-order valence-corrected chi connectivity index (χ0v) is 17.0. The van der Waals surface area contributed by atoms with E-state index in [0.717, 1.165) is 25.1 Å². The van der Waals surface area contributed by atoms with Gasteiger partial charge in [-0.25, -0.2) is 4.98 Å². The highest BCUT2D eigenvalue weighted by Gasteiger charge is 2.14. The molecule has 1 aliphatic heterocycles. The summed E-state index contributed by atoms with van der Waals surface area (Å²) in [6, 6.07) is 5.24. The Morgan fingerprint density at radius 2 is 2.12 bits per heavy atom. The van der Waals surface area contributed by atoms with Gasteiger partial charge in [-0.1, -0.05) is 34.9 Å². The highest BCUT2D eigenvalue weighted by atomic mass is 35.5. The molecule has 0 saturated heterocycles. The number of thiazole rings is 1. The Morgan fingerprint density at radius 3 is 2.80 bits per heavy atom. The molecule has 136 valence electrons. The van der Waals surface area contributed by atoms with Crippen LogP contribution in [0, 0.1) is 0 Å². The van der Waals surface area contributed by atoms with Crippen LogP contribution in [0.3, 0.4) is 0 Å². The van der Waals surface area contributed by atoms with Crippen molar-refractivity contribution in [1.29, 1.82) is 0 Å². The van der Waals surface area contributed by atoms with Crippen molar-refractivity contribution >= 4 is 65.3 Å². The summed E-state index contributed by atoms with van der Waals surface area (Å²) in [7, 11) is 0. The average Bonchev–Trinajstić information content (AvgIpc) is 3.03. The minimum absolute atomic E-state index is 0. The van der Waals surface area contributed by atoms with E-state index in [4.69, 9.17) is 23.2 Å². The second-order valence-electron chi connectivity index (χ2n) is 5.16. The van der Waals surface area contributed by atoms with E-state index < -0.39 is 0 Å². The molecule has 3 rings (SSSR count). The van der Waals surface area contributed by atoms with Gasteiger partial charge in [-0.3, -0.25) is 4.79 Å². The lowest BCUT2D eigenvalue weighted by Crippen LogP contribution is -2.29. The molecule has 1 aromatic heterocycles. The molecule has 25 heavy (non-hydrogen) atoms. The number of carbonyl (C=O) groups excluding carboxylic acids is 1. The fourth-order valence-corrected chi connectivity index (χ4v) is 3.67. The minimum Gasteiger partial charge on any atom is -0.347 e. The molecule has 1 aromatic carbocycles. The number of hydrogen-bond donors (Lipinski definition) is 2. The highest BCUT2D eigenvalue weighted by Crippen LogP contribution is 2.32. The Kier molecular flexibility index (Phi) is 9.21. The van der Waals surface area contributed by atoms with Crippen molar-refractivity contribution in [1.82, 2.24) is 15.6 Å². The molecule has 2 N–H and O–H groups in total. The molecule has 1 amide bonds. The van der Waals surface area contributed by atoms with Crippen LogP contribution in [0.5, 0.6) is 0 Å². The third kappa shape index (κ3) is 5.84. The van der Waals surface area contributed by atoms with Gasteiger partial charge in [0.1, 0.15) is 10.7 Å². The van der Waals surface area contributed by atoms with E-state index in [9.17, 15) is 4.79 Å². The predicted octanol–water partition coefficient (Wildman–Crippen LogP) is 4.61. The topological polar surface area (TPSA) is 54.0 Å². The maximum atomic E-state index is 12.2. The molecule has 0 fully saturated rings. The maximum Gasteiger partial charge on any atom is 0.271 e. The summed E-state index contributed by atoms with van der Waals surface area (Å²) in [6.07, 6.45) is 3.08. The molecule has 2 heterocycles. The quantitative estimate of drug-likeness (QED) is 0.682. The first kappa shape index (κ1) is 22.2. The second kappa shape index (κ2) is 10.4. The van der Waals surface area contributed by atoms with Gasteiger partial charge in [-0.05, 0) is 31.2 Å². The van der Waals surface area contributed by atoms with Gasteiger partial charge in [0.05, 0.1) is 5.02 Å². The van der Waals surface area contributed by atoms with Gasteiger partial charge < -0.3 is 10.6 Å². The van der Waals surface area contributed by atoms with Crippen molar-refractivity contribution in [2.75, 3.05) is 19.6 Å². The SMILES string of the molecule is Cl.Cl.O=C(NCC1=CCNCC1)c1csc(-c2ccc(Cl)cc2Cl)n1. The molecule has 4 nitrogen and oxygen atoms in total. The summed E-state index contributed by atoms with van der Waals surface area (Å²) in [5.74, 6) is -0.169. The molecule has 0 aliphatic carbocycles. The zero-order chi connectivity index (χ0) is 16.2. The van der Waals surface area contributed by atoms with E-state index in [0.29, 0.717) is 27.3 Å². The van der Waals surface area contributed by atoms with Gasteiger partial charge in [0, 0.05) is 29.1 Å². The molecule has 1 aliphatic rings. The predicted molar refractivity (Wildman–Crippen MR) is 110 cm³/mol. The van der Waals surface area contributed by atoms with Gasteiger partial charge in [-0.2, -0.15) is 0 Å². The Balaban J connectivity index is 0.00000156. The van der Waals surface area contributed by atoms with E-state index in [-0.39, 0.29) is 30.7 Å². The number of halogens is 4. The molecular weight excluding hydrogens is 424 g/mol. The van der Waals surface area contributed by atoms with Crippen LogP contribution in [-0.2, 0) is 0 Å². The van der Waals surface area contributed by atoms with Gasteiger partial charge in [-0.15, -0.1) is 36.2 Å². The Bertz CT molecular complexity index is 764. The van der Waals surface area contributed by atoms with E-state index in [1.165, 1.54) is 16.9 Å². The van der Waals surface area contributed by atoms with Gasteiger partial charge >= 0.3 is 0 Å². The molecule has 0 spiro atoms. The van der Waals surface area contributed by atoms with Crippen LogP contribution in [-0.4, -0.2) is 30.5 Å². The Morgan fingerprint density at radius 1 is 1.32 bits per heavy atom. The molecule has 0 bridgehead atoms. The van der Waals surface area contributed by atoms with Crippen LogP contribution in [0.2, 0.25) is 10.0 Å². The zero-order valence-electron chi connectivity index (χ0n) is 13.1. The molecular formula is C16H17Cl4N3OS. The van der Waals surface area contributed by atoms with Crippen molar-refractivity contribution in [3.05, 3.63) is 51.0 Å². The number of benzene rings is 1. The lowest BCUT2D eigenvalue weighted by atomic mass is 10.1. The van der Waals surface area contributed by atoms with Crippen LogP contribution in [0.15, 0.2) is 35.2 Å². The number of hydrogen-bond acceptors (Lipinski definition) is 4. The molecule has 0 radical (unpaired) electrons. The van der Waals surface area contributed by atoms with Crippen LogP contribution < -0.4 is 10.6 Å². The molecule has 0 unspecified atom stereocenters. The molecule has 0 atom stereocenters. The van der Waals surface area contributed by atoms with Crippen LogP contribution in [0.25, 0.3) is 10.6 Å². The van der Waals surface area contributed by atoms with Crippen LogP contribution >= 0.6 is 59.4 Å². The monoisotopic (exact) mass is 439 g/mol. The summed E-state index contributed by atoms with van der Waals surface area (Å²) in [5, 5.41) is 9.70. The van der Waals surface area contributed by atoms with E-state index in [2.05, 4.69) is 21.7 Å². The van der Waals surface area contributed by atoms with Crippen LogP contribution in [0.1, 0.15) is 16.9 Å². The fraction of sp³-hybridized carbons (Fsp3) is 0.250. The Hall–Kier alpha value is -0.820. The van der Waals surface area contributed by atoms with Crippen LogP contribution in [0.4, 0.5) is 0 Å². The average molecular weight is 441 g/mol. The van der Waals surface area contributed by atoms with Crippen molar-refractivity contribution in [3.8, 4) is 10.6 Å². The lowest BCUT2D eigenvalue weighted by Gasteiger charge is -2.14. The van der Waals surface area contributed by atoms with Crippen molar-refractivity contribution in [2.24, 2.45) is 0 Å². The molecule has 0 saturated carbocycles. The Labute approximate surface area is 172 Å². The first-order valence-corrected chi connectivity index (χ1v) is 8.85. The third-order valence-electron chi connectivity index (χ3n) is 3.53. The number of aromatic nitrogens is 1.